The summed E-state index contributed by atoms with van der Waals surface area (Å²) in [6.45, 7) is 3.84. The van der Waals surface area contributed by atoms with Crippen LogP contribution in [0.4, 0.5) is 30.7 Å². The number of likely N-dealkylation sites (tertiary alicyclic amines) is 1. The highest BCUT2D eigenvalue weighted by molar-refractivity contribution is 5.85. The molecule has 43 heavy (non-hydrogen) atoms. The smallest absolute Gasteiger partial charge is 0.378 e. The molecule has 14 heteroatoms. The molecule has 2 aromatic carbocycles. The Morgan fingerprint density at radius 1 is 0.953 bits per heavy atom. The van der Waals surface area contributed by atoms with Crippen molar-refractivity contribution in [3.63, 3.8) is 0 Å². The highest BCUT2D eigenvalue weighted by Crippen LogP contribution is 2.38. The lowest BCUT2D eigenvalue weighted by Crippen LogP contribution is -2.50. The normalized spacial score (nSPS) is 20.0. The first kappa shape index (κ1) is 34.6. The van der Waals surface area contributed by atoms with Crippen LogP contribution in [0, 0.1) is 18.7 Å². The summed E-state index contributed by atoms with van der Waals surface area (Å²) >= 11 is 0. The average Bonchev–Trinajstić information content (AvgIpc) is 2.92. The third-order valence-electron chi connectivity index (χ3n) is 7.81. The predicted molar refractivity (Wildman–Crippen MR) is 146 cm³/mol. The molecule has 2 heterocycles. The molecular weight excluding hydrogens is 607 g/mol. The van der Waals surface area contributed by atoms with E-state index in [-0.39, 0.29) is 49.5 Å². The lowest BCUT2D eigenvalue weighted by molar-refractivity contribution is -0.143. The molecule has 2 fully saturated rings. The number of morpholine rings is 1. The Morgan fingerprint density at radius 2 is 1.56 bits per heavy atom. The fourth-order valence-corrected chi connectivity index (χ4v) is 5.68. The summed E-state index contributed by atoms with van der Waals surface area (Å²) in [6, 6.07) is 5.45. The van der Waals surface area contributed by atoms with Gasteiger partial charge in [-0.05, 0) is 66.9 Å². The minimum atomic E-state index is -5.00. The maximum Gasteiger partial charge on any atom is 0.416 e. The number of piperidine rings is 1. The molecule has 0 aromatic heterocycles. The van der Waals surface area contributed by atoms with E-state index in [1.165, 1.54) is 19.2 Å². The monoisotopic (exact) mass is 639 g/mol. The number of carbonyl (C=O) groups is 2. The van der Waals surface area contributed by atoms with Crippen LogP contribution in [0.2, 0.25) is 0 Å². The molecule has 2 aliphatic heterocycles. The number of aryl methyl sites for hydroxylation is 1. The van der Waals surface area contributed by atoms with Crippen LogP contribution in [0.1, 0.15) is 40.2 Å². The van der Waals surface area contributed by atoms with Crippen LogP contribution in [0.25, 0.3) is 0 Å². The third kappa shape index (κ3) is 8.60. The first-order valence-electron chi connectivity index (χ1n) is 13.5. The van der Waals surface area contributed by atoms with E-state index in [9.17, 15) is 40.3 Å². The van der Waals surface area contributed by atoms with Crippen LogP contribution in [0.5, 0.6) is 0 Å². The number of amides is 2. The molecule has 2 amide bonds. The Labute approximate surface area is 251 Å². The quantitative estimate of drug-likeness (QED) is 0.391. The van der Waals surface area contributed by atoms with Crippen molar-refractivity contribution >= 4 is 24.2 Å². The van der Waals surface area contributed by atoms with Crippen LogP contribution in [0.15, 0.2) is 36.4 Å². The lowest BCUT2D eigenvalue weighted by Gasteiger charge is -2.40. The van der Waals surface area contributed by atoms with Gasteiger partial charge in [0.05, 0.1) is 30.9 Å². The molecule has 238 valence electrons. The number of rotatable bonds is 6. The van der Waals surface area contributed by atoms with Crippen LogP contribution in [-0.4, -0.2) is 79.5 Å². The summed E-state index contributed by atoms with van der Waals surface area (Å²) in [6.07, 6.45) is -9.72. The van der Waals surface area contributed by atoms with Gasteiger partial charge >= 0.3 is 12.4 Å². The topological polar surface area (TPSA) is 53.1 Å². The van der Waals surface area contributed by atoms with Crippen molar-refractivity contribution in [2.45, 2.75) is 38.2 Å². The minimum Gasteiger partial charge on any atom is -0.378 e. The van der Waals surface area contributed by atoms with Crippen LogP contribution < -0.4 is 0 Å². The van der Waals surface area contributed by atoms with Gasteiger partial charge in [0.15, 0.2) is 0 Å². The fraction of sp³-hybridized carbons (Fsp3) is 0.517. The molecule has 0 N–H and O–H groups in total. The fourth-order valence-electron chi connectivity index (χ4n) is 5.68. The van der Waals surface area contributed by atoms with Gasteiger partial charge in [-0.15, -0.1) is 12.4 Å². The Kier molecular flexibility index (Phi) is 11.1. The summed E-state index contributed by atoms with van der Waals surface area (Å²) in [7, 11) is 1.33. The zero-order valence-corrected chi connectivity index (χ0v) is 24.4. The number of hydrogen-bond donors (Lipinski definition) is 0. The van der Waals surface area contributed by atoms with Crippen molar-refractivity contribution in [2.24, 2.45) is 5.92 Å². The standard InChI is InChI=1S/C29H32F7N3O3.ClH/c1-18-11-22(30)3-4-23(18)25-16-38(17-26(40)39-7-9-42-10-8-39)6-5-24(25)27(41)37(2)15-19-12-20(28(31,32)33)14-21(13-19)29(34,35)36;/h3-4,11-14,24-25H,5-10,15-17H2,1-2H3;1H. The highest BCUT2D eigenvalue weighted by Gasteiger charge is 2.40. The van der Waals surface area contributed by atoms with Gasteiger partial charge in [-0.1, -0.05) is 6.07 Å². The predicted octanol–water partition coefficient (Wildman–Crippen LogP) is 5.52. The van der Waals surface area contributed by atoms with E-state index >= 15 is 0 Å². The number of ether oxygens (including phenoxy) is 1. The number of carbonyl (C=O) groups excluding carboxylic acids is 2. The zero-order chi connectivity index (χ0) is 30.8. The Balaban J connectivity index is 0.00000506. The van der Waals surface area contributed by atoms with Gasteiger partial charge in [0.25, 0.3) is 0 Å². The van der Waals surface area contributed by atoms with Gasteiger partial charge in [0, 0.05) is 45.1 Å². The second-order valence-electron chi connectivity index (χ2n) is 10.8. The maximum absolute atomic E-state index is 13.9. The van der Waals surface area contributed by atoms with Crippen molar-refractivity contribution in [1.82, 2.24) is 14.7 Å². The molecule has 0 aliphatic carbocycles. The van der Waals surface area contributed by atoms with E-state index in [1.807, 2.05) is 4.90 Å². The number of alkyl halides is 6. The SMILES string of the molecule is Cc1cc(F)ccc1C1CN(CC(=O)N2CCOCC2)CCC1C(=O)N(C)Cc1cc(C(F)(F)F)cc(C(F)(F)F)c1.Cl. The molecule has 2 saturated heterocycles. The van der Waals surface area contributed by atoms with Crippen molar-refractivity contribution in [3.8, 4) is 0 Å². The van der Waals surface area contributed by atoms with Crippen molar-refractivity contribution in [3.05, 3.63) is 70.0 Å². The Bertz CT molecular complexity index is 1270. The minimum absolute atomic E-state index is 0. The second-order valence-corrected chi connectivity index (χ2v) is 10.8. The van der Waals surface area contributed by atoms with E-state index in [2.05, 4.69) is 0 Å². The zero-order valence-electron chi connectivity index (χ0n) is 23.6. The third-order valence-corrected chi connectivity index (χ3v) is 7.81. The molecule has 2 aliphatic rings. The van der Waals surface area contributed by atoms with Crippen LogP contribution in [-0.2, 0) is 33.2 Å². The first-order chi connectivity index (χ1) is 19.6. The number of nitrogens with zero attached hydrogens (tertiary/aromatic N) is 3. The van der Waals surface area contributed by atoms with Gasteiger partial charge in [0.2, 0.25) is 11.8 Å². The van der Waals surface area contributed by atoms with Gasteiger partial charge in [-0.3, -0.25) is 14.5 Å². The molecule has 4 rings (SSSR count). The highest BCUT2D eigenvalue weighted by atomic mass is 35.5. The van der Waals surface area contributed by atoms with Crippen LogP contribution in [0.3, 0.4) is 0 Å². The molecule has 0 radical (unpaired) electrons. The first-order valence-corrected chi connectivity index (χ1v) is 13.5. The van der Waals surface area contributed by atoms with Crippen molar-refractivity contribution in [2.75, 3.05) is 53.0 Å². The summed E-state index contributed by atoms with van der Waals surface area (Å²) in [5, 5.41) is 0. The van der Waals surface area contributed by atoms with Crippen LogP contribution >= 0.6 is 12.4 Å². The summed E-state index contributed by atoms with van der Waals surface area (Å²) < 4.78 is 99.4. The molecule has 0 spiro atoms. The van der Waals surface area contributed by atoms with Gasteiger partial charge in [-0.25, -0.2) is 4.39 Å². The molecule has 0 bridgehead atoms. The lowest BCUT2D eigenvalue weighted by atomic mass is 9.78. The van der Waals surface area contributed by atoms with Gasteiger partial charge in [0.1, 0.15) is 5.82 Å². The van der Waals surface area contributed by atoms with Gasteiger partial charge in [-0.2, -0.15) is 26.3 Å². The molecular formula is C29H33ClF7N3O3. The second kappa shape index (κ2) is 13.8. The molecule has 2 atom stereocenters. The molecule has 6 nitrogen and oxygen atoms in total. The van der Waals surface area contributed by atoms with E-state index in [0.717, 1.165) is 4.90 Å². The van der Waals surface area contributed by atoms with Gasteiger partial charge < -0.3 is 14.5 Å². The van der Waals surface area contributed by atoms with Crippen molar-refractivity contribution in [1.29, 1.82) is 0 Å². The summed E-state index contributed by atoms with van der Waals surface area (Å²) in [4.78, 5) is 31.3. The molecule has 0 saturated carbocycles. The largest absolute Gasteiger partial charge is 0.416 e. The van der Waals surface area contributed by atoms with E-state index in [0.29, 0.717) is 56.1 Å². The summed E-state index contributed by atoms with van der Waals surface area (Å²) in [5.74, 6) is -2.19. The maximum atomic E-state index is 13.9. The number of hydrogen-bond acceptors (Lipinski definition) is 4. The van der Waals surface area contributed by atoms with Crippen molar-refractivity contribution < 1.29 is 45.1 Å². The van der Waals surface area contributed by atoms with E-state index in [1.54, 1.807) is 17.9 Å². The molecule has 2 unspecified atom stereocenters. The Hall–Kier alpha value is -2.90. The van der Waals surface area contributed by atoms with E-state index < -0.39 is 53.6 Å². The number of halogens is 8. The van der Waals surface area contributed by atoms with E-state index in [4.69, 9.17) is 4.74 Å². The summed E-state index contributed by atoms with van der Waals surface area (Å²) in [5.41, 5.74) is -1.94. The molecule has 2 aromatic rings. The average molecular weight is 640 g/mol. The number of benzene rings is 2. The Morgan fingerprint density at radius 3 is 2.12 bits per heavy atom.